The summed E-state index contributed by atoms with van der Waals surface area (Å²) in [6.07, 6.45) is -2.64. The molecule has 15 heteroatoms. The minimum atomic E-state index is -4.66. The third-order valence-electron chi connectivity index (χ3n) is 8.70. The Morgan fingerprint density at radius 1 is 1.17 bits per heavy atom. The van der Waals surface area contributed by atoms with E-state index in [0.29, 0.717) is 18.5 Å². The molecule has 2 aliphatic heterocycles. The predicted molar refractivity (Wildman–Crippen MR) is 140 cm³/mol. The van der Waals surface area contributed by atoms with E-state index < -0.39 is 57.2 Å². The van der Waals surface area contributed by atoms with Crippen LogP contribution in [0.2, 0.25) is 5.15 Å². The number of fused-ring (bicyclic) bond motifs is 3. The molecule has 1 N–H and O–H groups in total. The number of hydrogen-bond donors (Lipinski definition) is 1. The van der Waals surface area contributed by atoms with Gasteiger partial charge >= 0.3 is 6.18 Å². The standard InChI is InChI=1S/C26H25ClF5N5O3S/c1-23(26(30,31)32)13-36(17-11-33-19-10-18(27)35-37(19)21(17)23)16-7-5-14(6-8-16)20-24(2,25(20,28)29)22(38)34-15-4-3-9-41(39,40)12-15/h5-8,10-11,15,20H,3-4,9,12-13H2,1-2H3,(H,34,38)/t15?,20-,23-,24+/m1/s1. The smallest absolute Gasteiger partial charge is 0.352 e. The van der Waals surface area contributed by atoms with Crippen molar-refractivity contribution in [3.8, 4) is 0 Å². The number of carbonyl (C=O) groups excluding carboxylic acids is 1. The molecule has 1 aliphatic carbocycles. The number of alkyl halides is 5. The van der Waals surface area contributed by atoms with Crippen molar-refractivity contribution in [2.75, 3.05) is 23.0 Å². The molecule has 1 saturated heterocycles. The second kappa shape index (κ2) is 8.76. The highest BCUT2D eigenvalue weighted by Gasteiger charge is 2.82. The van der Waals surface area contributed by atoms with Crippen LogP contribution in [0.3, 0.4) is 0 Å². The molecule has 3 aliphatic rings. The maximum atomic E-state index is 15.1. The molecule has 0 radical (unpaired) electrons. The van der Waals surface area contributed by atoms with Crippen LogP contribution in [0.25, 0.3) is 5.65 Å². The number of hydrogen-bond acceptors (Lipinski definition) is 6. The molecule has 4 heterocycles. The number of aromatic nitrogens is 3. The van der Waals surface area contributed by atoms with Crippen molar-refractivity contribution >= 4 is 44.4 Å². The normalized spacial score (nSPS) is 30.3. The Morgan fingerprint density at radius 3 is 2.49 bits per heavy atom. The first-order chi connectivity index (χ1) is 19.0. The SMILES string of the molecule is C[C@@]1(C(F)(F)F)CN(c2ccc([C@H]3C(F)(F)[C@]3(C)C(=O)NC3CCCS(=O)(=O)C3)cc2)c2cnc3cc(Cl)nn3c21. The van der Waals surface area contributed by atoms with Crippen molar-refractivity contribution in [2.24, 2.45) is 5.41 Å². The summed E-state index contributed by atoms with van der Waals surface area (Å²) in [4.78, 5) is 18.6. The van der Waals surface area contributed by atoms with Crippen molar-refractivity contribution in [2.45, 2.75) is 56.2 Å². The van der Waals surface area contributed by atoms with Crippen molar-refractivity contribution in [1.29, 1.82) is 0 Å². The molecule has 1 saturated carbocycles. The van der Waals surface area contributed by atoms with Crippen molar-refractivity contribution in [1.82, 2.24) is 19.9 Å². The number of nitrogens with zero attached hydrogens (tertiary/aromatic N) is 4. The summed E-state index contributed by atoms with van der Waals surface area (Å²) in [5.74, 6) is -6.11. The van der Waals surface area contributed by atoms with Crippen LogP contribution in [0, 0.1) is 5.41 Å². The zero-order chi connectivity index (χ0) is 29.8. The van der Waals surface area contributed by atoms with Crippen LogP contribution < -0.4 is 10.2 Å². The molecule has 41 heavy (non-hydrogen) atoms. The molecule has 0 spiro atoms. The number of amides is 1. The number of rotatable bonds is 4. The monoisotopic (exact) mass is 617 g/mol. The zero-order valence-electron chi connectivity index (χ0n) is 21.8. The number of halogens is 6. The fourth-order valence-corrected chi connectivity index (χ4v) is 8.03. The summed E-state index contributed by atoms with van der Waals surface area (Å²) >= 11 is 5.95. The van der Waals surface area contributed by atoms with Gasteiger partial charge < -0.3 is 10.2 Å². The Balaban J connectivity index is 1.29. The van der Waals surface area contributed by atoms with E-state index in [2.05, 4.69) is 15.4 Å². The lowest BCUT2D eigenvalue weighted by molar-refractivity contribution is -0.181. The van der Waals surface area contributed by atoms with Gasteiger partial charge in [-0.3, -0.25) is 4.79 Å². The maximum Gasteiger partial charge on any atom is 0.401 e. The molecule has 6 rings (SSSR count). The first-order valence-corrected chi connectivity index (χ1v) is 15.1. The van der Waals surface area contributed by atoms with Gasteiger partial charge in [0.25, 0.3) is 5.92 Å². The average molecular weight is 618 g/mol. The molecule has 8 nitrogen and oxygen atoms in total. The maximum absolute atomic E-state index is 15.1. The van der Waals surface area contributed by atoms with Gasteiger partial charge in [-0.05, 0) is 44.4 Å². The van der Waals surface area contributed by atoms with Crippen LogP contribution in [0.5, 0.6) is 0 Å². The van der Waals surface area contributed by atoms with Crippen molar-refractivity contribution in [3.05, 3.63) is 52.9 Å². The lowest BCUT2D eigenvalue weighted by Crippen LogP contribution is -2.46. The van der Waals surface area contributed by atoms with E-state index in [9.17, 15) is 26.4 Å². The largest absolute Gasteiger partial charge is 0.401 e. The summed E-state index contributed by atoms with van der Waals surface area (Å²) in [7, 11) is -3.35. The Morgan fingerprint density at radius 2 is 1.85 bits per heavy atom. The molecule has 2 fully saturated rings. The van der Waals surface area contributed by atoms with Gasteiger partial charge in [-0.25, -0.2) is 26.7 Å². The second-order valence-electron chi connectivity index (χ2n) is 11.4. The van der Waals surface area contributed by atoms with Crippen LogP contribution in [0.1, 0.15) is 43.9 Å². The van der Waals surface area contributed by atoms with Crippen molar-refractivity contribution < 1.29 is 35.2 Å². The lowest BCUT2D eigenvalue weighted by Gasteiger charge is -2.28. The number of carbonyl (C=O) groups is 1. The van der Waals surface area contributed by atoms with Crippen LogP contribution in [0.15, 0.2) is 36.5 Å². The molecule has 0 bridgehead atoms. The highest BCUT2D eigenvalue weighted by Crippen LogP contribution is 2.71. The molecular formula is C26H25ClF5N5O3S. The third kappa shape index (κ3) is 4.11. The Bertz CT molecular complexity index is 1680. The number of sulfone groups is 1. The quantitative estimate of drug-likeness (QED) is 0.423. The summed E-state index contributed by atoms with van der Waals surface area (Å²) in [6.45, 7) is 1.69. The van der Waals surface area contributed by atoms with Crippen molar-refractivity contribution in [3.63, 3.8) is 0 Å². The zero-order valence-corrected chi connectivity index (χ0v) is 23.4. The predicted octanol–water partition coefficient (Wildman–Crippen LogP) is 4.79. The first-order valence-electron chi connectivity index (χ1n) is 12.9. The fraction of sp³-hybridized carbons (Fsp3) is 0.500. The summed E-state index contributed by atoms with van der Waals surface area (Å²) in [6, 6.07) is 6.23. The molecule has 4 atom stereocenters. The minimum Gasteiger partial charge on any atom is -0.352 e. The van der Waals surface area contributed by atoms with E-state index in [4.69, 9.17) is 11.6 Å². The Hall–Kier alpha value is -3.00. The molecular weight excluding hydrogens is 593 g/mol. The van der Waals surface area contributed by atoms with E-state index in [-0.39, 0.29) is 39.3 Å². The fourth-order valence-electron chi connectivity index (χ4n) is 6.22. The van der Waals surface area contributed by atoms with E-state index in [1.807, 2.05) is 0 Å². The highest BCUT2D eigenvalue weighted by atomic mass is 35.5. The van der Waals surface area contributed by atoms with Crippen LogP contribution in [-0.4, -0.2) is 65.1 Å². The van der Waals surface area contributed by atoms with Crippen LogP contribution >= 0.6 is 11.6 Å². The minimum absolute atomic E-state index is 0.00200. The molecule has 1 unspecified atom stereocenters. The van der Waals surface area contributed by atoms with Gasteiger partial charge in [0.1, 0.15) is 10.8 Å². The average Bonchev–Trinajstić information content (AvgIpc) is 3.15. The van der Waals surface area contributed by atoms with Gasteiger partial charge in [-0.15, -0.1) is 0 Å². The molecule has 2 aromatic heterocycles. The van der Waals surface area contributed by atoms with Gasteiger partial charge in [-0.1, -0.05) is 23.7 Å². The van der Waals surface area contributed by atoms with Gasteiger partial charge in [0, 0.05) is 24.3 Å². The van der Waals surface area contributed by atoms with E-state index in [1.165, 1.54) is 41.4 Å². The van der Waals surface area contributed by atoms with Gasteiger partial charge in [0.2, 0.25) is 5.91 Å². The molecule has 1 aromatic carbocycles. The van der Waals surface area contributed by atoms with E-state index in [1.54, 1.807) is 0 Å². The Labute approximate surface area is 236 Å². The first kappa shape index (κ1) is 28.1. The topological polar surface area (TPSA) is 96.7 Å². The van der Waals surface area contributed by atoms with Gasteiger partial charge in [0.15, 0.2) is 20.6 Å². The molecule has 1 amide bonds. The van der Waals surface area contributed by atoms with E-state index >= 15 is 8.78 Å². The van der Waals surface area contributed by atoms with Gasteiger partial charge in [0.05, 0.1) is 35.0 Å². The van der Waals surface area contributed by atoms with Gasteiger partial charge in [-0.2, -0.15) is 18.3 Å². The number of anilines is 2. The number of benzene rings is 1. The number of nitrogens with one attached hydrogen (secondary N) is 1. The van der Waals surface area contributed by atoms with Crippen LogP contribution in [-0.2, 0) is 20.0 Å². The summed E-state index contributed by atoms with van der Waals surface area (Å²) in [5, 5.41) is 6.49. The third-order valence-corrected chi connectivity index (χ3v) is 10.7. The summed E-state index contributed by atoms with van der Waals surface area (Å²) < 4.78 is 98.4. The molecule has 220 valence electrons. The Kier molecular flexibility index (Phi) is 6.01. The summed E-state index contributed by atoms with van der Waals surface area (Å²) in [5.41, 5.74) is -3.84. The van der Waals surface area contributed by atoms with E-state index in [0.717, 1.165) is 18.4 Å². The molecule has 3 aromatic rings. The second-order valence-corrected chi connectivity index (χ2v) is 14.0. The van der Waals surface area contributed by atoms with Crippen LogP contribution in [0.4, 0.5) is 33.3 Å². The lowest BCUT2D eigenvalue weighted by atomic mass is 9.87. The highest BCUT2D eigenvalue weighted by molar-refractivity contribution is 7.91.